The molecule has 2 heterocycles. The van der Waals surface area contributed by atoms with Crippen LogP contribution in [0.1, 0.15) is 47.8 Å². The molecule has 0 saturated heterocycles. The van der Waals surface area contributed by atoms with Crippen LogP contribution in [0.15, 0.2) is 16.8 Å². The van der Waals surface area contributed by atoms with Crippen molar-refractivity contribution in [2.75, 3.05) is 0 Å². The van der Waals surface area contributed by atoms with E-state index in [9.17, 15) is 4.79 Å². The van der Waals surface area contributed by atoms with Crippen molar-refractivity contribution >= 4 is 5.91 Å². The summed E-state index contributed by atoms with van der Waals surface area (Å²) in [6.07, 6.45) is 6.66. The molecular weight excluding hydrogens is 256 g/mol. The first-order valence-electron chi connectivity index (χ1n) is 7.03. The molecule has 2 bridgehead atoms. The summed E-state index contributed by atoms with van der Waals surface area (Å²) in [5.74, 6) is 2.73. The van der Waals surface area contributed by atoms with Gasteiger partial charge in [0.05, 0.1) is 11.3 Å². The van der Waals surface area contributed by atoms with Gasteiger partial charge in [0.15, 0.2) is 0 Å². The highest BCUT2D eigenvalue weighted by Crippen LogP contribution is 2.52. The van der Waals surface area contributed by atoms with Crippen LogP contribution in [0, 0.1) is 11.8 Å². The maximum atomic E-state index is 11.1. The second-order valence-corrected chi connectivity index (χ2v) is 5.90. The van der Waals surface area contributed by atoms with E-state index in [0.717, 1.165) is 11.8 Å². The van der Waals surface area contributed by atoms with Gasteiger partial charge in [-0.15, -0.1) is 0 Å². The lowest BCUT2D eigenvalue weighted by Gasteiger charge is -2.16. The lowest BCUT2D eigenvalue weighted by Crippen LogP contribution is -2.09. The van der Waals surface area contributed by atoms with Gasteiger partial charge in [0.2, 0.25) is 17.6 Å². The Morgan fingerprint density at radius 1 is 1.40 bits per heavy atom. The molecule has 2 aromatic heterocycles. The molecule has 1 amide bonds. The molecule has 6 nitrogen and oxygen atoms in total. The Kier molecular flexibility index (Phi) is 2.45. The largest absolute Gasteiger partial charge is 0.366 e. The fourth-order valence-electron chi connectivity index (χ4n) is 3.71. The zero-order valence-electron chi connectivity index (χ0n) is 11.0. The summed E-state index contributed by atoms with van der Waals surface area (Å²) < 4.78 is 5.43. The molecule has 2 saturated carbocycles. The number of hydrogen-bond donors (Lipinski definition) is 2. The number of nitrogens with one attached hydrogen (secondary N) is 1. The molecule has 0 spiro atoms. The van der Waals surface area contributed by atoms with Gasteiger partial charge in [-0.25, -0.2) is 0 Å². The molecule has 104 valence electrons. The van der Waals surface area contributed by atoms with Crippen molar-refractivity contribution in [3.8, 4) is 11.5 Å². The molecular formula is C14H16N4O2. The van der Waals surface area contributed by atoms with Gasteiger partial charge in [-0.1, -0.05) is 11.6 Å². The van der Waals surface area contributed by atoms with Gasteiger partial charge in [-0.05, 0) is 37.2 Å². The van der Waals surface area contributed by atoms with Gasteiger partial charge >= 0.3 is 0 Å². The Morgan fingerprint density at radius 3 is 2.95 bits per heavy atom. The van der Waals surface area contributed by atoms with E-state index in [2.05, 4.69) is 15.1 Å². The van der Waals surface area contributed by atoms with E-state index in [1.807, 2.05) is 0 Å². The summed E-state index contributed by atoms with van der Waals surface area (Å²) in [5.41, 5.74) is 6.31. The van der Waals surface area contributed by atoms with Crippen molar-refractivity contribution in [2.45, 2.75) is 31.6 Å². The Balaban J connectivity index is 1.60. The Bertz CT molecular complexity index is 660. The maximum absolute atomic E-state index is 11.1. The number of carbonyl (C=O) groups excluding carboxylic acids is 1. The second kappa shape index (κ2) is 4.19. The lowest BCUT2D eigenvalue weighted by atomic mass is 9.89. The SMILES string of the molecule is NC(=O)c1c[nH]c(-c2noc([C@@H]3C[C@H]4CC[C@H]3C4)n2)c1. The third-order valence-corrected chi connectivity index (χ3v) is 4.71. The highest BCUT2D eigenvalue weighted by atomic mass is 16.5. The van der Waals surface area contributed by atoms with Crippen LogP contribution in [0.3, 0.4) is 0 Å². The zero-order chi connectivity index (χ0) is 13.7. The average molecular weight is 272 g/mol. The van der Waals surface area contributed by atoms with Crippen molar-refractivity contribution in [3.63, 3.8) is 0 Å². The summed E-state index contributed by atoms with van der Waals surface area (Å²) in [5, 5.41) is 4.02. The lowest BCUT2D eigenvalue weighted by molar-refractivity contribution is 0.100. The van der Waals surface area contributed by atoms with Crippen molar-refractivity contribution in [1.29, 1.82) is 0 Å². The van der Waals surface area contributed by atoms with Gasteiger partial charge in [-0.2, -0.15) is 4.98 Å². The number of amides is 1. The molecule has 2 fully saturated rings. The van der Waals surface area contributed by atoms with Crippen LogP contribution in [0.4, 0.5) is 0 Å². The number of carbonyl (C=O) groups is 1. The van der Waals surface area contributed by atoms with Gasteiger partial charge in [0.1, 0.15) is 0 Å². The molecule has 3 N–H and O–H groups in total. The molecule has 0 radical (unpaired) electrons. The van der Waals surface area contributed by atoms with Gasteiger partial charge in [0.25, 0.3) is 0 Å². The van der Waals surface area contributed by atoms with Crippen LogP contribution in [-0.4, -0.2) is 21.0 Å². The van der Waals surface area contributed by atoms with Gasteiger partial charge in [-0.3, -0.25) is 4.79 Å². The highest BCUT2D eigenvalue weighted by Gasteiger charge is 2.42. The number of H-pyrrole nitrogens is 1. The number of fused-ring (bicyclic) bond motifs is 2. The monoisotopic (exact) mass is 272 g/mol. The van der Waals surface area contributed by atoms with Crippen LogP contribution in [0.25, 0.3) is 11.5 Å². The minimum Gasteiger partial charge on any atom is -0.366 e. The summed E-state index contributed by atoms with van der Waals surface area (Å²) in [7, 11) is 0. The smallest absolute Gasteiger partial charge is 0.250 e. The van der Waals surface area contributed by atoms with Crippen LogP contribution in [0.5, 0.6) is 0 Å². The molecule has 0 unspecified atom stereocenters. The fourth-order valence-corrected chi connectivity index (χ4v) is 3.71. The first-order valence-corrected chi connectivity index (χ1v) is 7.03. The van der Waals surface area contributed by atoms with E-state index < -0.39 is 5.91 Å². The number of nitrogens with two attached hydrogens (primary N) is 1. The quantitative estimate of drug-likeness (QED) is 0.893. The summed E-state index contributed by atoms with van der Waals surface area (Å²) >= 11 is 0. The van der Waals surface area contributed by atoms with Gasteiger partial charge < -0.3 is 15.2 Å². The highest BCUT2D eigenvalue weighted by molar-refractivity contribution is 5.93. The number of aromatic amines is 1. The van der Waals surface area contributed by atoms with Crippen molar-refractivity contribution in [3.05, 3.63) is 23.7 Å². The number of aromatic nitrogens is 3. The average Bonchev–Trinajstić information content (AvgIpc) is 3.20. The van der Waals surface area contributed by atoms with E-state index in [1.165, 1.54) is 25.7 Å². The summed E-state index contributed by atoms with van der Waals surface area (Å²) in [6, 6.07) is 1.65. The minimum atomic E-state index is -0.468. The van der Waals surface area contributed by atoms with Gasteiger partial charge in [0, 0.05) is 12.1 Å². The number of hydrogen-bond acceptors (Lipinski definition) is 4. The van der Waals surface area contributed by atoms with Crippen LogP contribution in [0.2, 0.25) is 0 Å². The minimum absolute atomic E-state index is 0.417. The number of nitrogens with zero attached hydrogens (tertiary/aromatic N) is 2. The first kappa shape index (κ1) is 11.7. The maximum Gasteiger partial charge on any atom is 0.250 e. The van der Waals surface area contributed by atoms with Crippen molar-refractivity contribution in [2.24, 2.45) is 17.6 Å². The molecule has 4 rings (SSSR count). The number of primary amides is 1. The van der Waals surface area contributed by atoms with Crippen molar-refractivity contribution in [1.82, 2.24) is 15.1 Å². The summed E-state index contributed by atoms with van der Waals surface area (Å²) in [4.78, 5) is 18.5. The van der Waals surface area contributed by atoms with Crippen LogP contribution in [-0.2, 0) is 0 Å². The molecule has 2 aliphatic carbocycles. The Hall–Kier alpha value is -2.11. The normalized spacial score (nSPS) is 28.1. The third-order valence-electron chi connectivity index (χ3n) is 4.71. The third kappa shape index (κ3) is 1.75. The van der Waals surface area contributed by atoms with E-state index in [1.54, 1.807) is 12.3 Å². The predicted octanol–water partition coefficient (Wildman–Crippen LogP) is 2.07. The van der Waals surface area contributed by atoms with E-state index in [4.69, 9.17) is 10.3 Å². The zero-order valence-corrected chi connectivity index (χ0v) is 11.0. The molecule has 2 aliphatic rings. The molecule has 2 aromatic rings. The molecule has 0 aromatic carbocycles. The van der Waals surface area contributed by atoms with E-state index >= 15 is 0 Å². The summed E-state index contributed by atoms with van der Waals surface area (Å²) in [6.45, 7) is 0. The Labute approximate surface area is 115 Å². The first-order chi connectivity index (χ1) is 9.70. The molecule has 20 heavy (non-hydrogen) atoms. The molecule has 6 heteroatoms. The second-order valence-electron chi connectivity index (χ2n) is 5.90. The standard InChI is InChI=1S/C14H16N4O2/c15-12(19)9-5-11(16-6-9)13-17-14(20-18-13)10-4-7-1-2-8(10)3-7/h5-8,10,16H,1-4H2,(H2,15,19)/t7-,8-,10+/m0/s1. The predicted molar refractivity (Wildman–Crippen MR) is 70.8 cm³/mol. The van der Waals surface area contributed by atoms with Crippen molar-refractivity contribution < 1.29 is 9.32 Å². The van der Waals surface area contributed by atoms with Crippen LogP contribution >= 0.6 is 0 Å². The number of rotatable bonds is 3. The fraction of sp³-hybridized carbons (Fsp3) is 0.500. The van der Waals surface area contributed by atoms with E-state index in [0.29, 0.717) is 28.9 Å². The molecule has 0 aliphatic heterocycles. The molecule has 3 atom stereocenters. The Morgan fingerprint density at radius 2 is 2.30 bits per heavy atom. The van der Waals surface area contributed by atoms with Crippen LogP contribution < -0.4 is 5.73 Å². The van der Waals surface area contributed by atoms with E-state index in [-0.39, 0.29) is 0 Å². The topological polar surface area (TPSA) is 97.8 Å².